The first-order chi connectivity index (χ1) is 10.1. The lowest BCUT2D eigenvalue weighted by molar-refractivity contribution is 0.101. The van der Waals surface area contributed by atoms with E-state index in [2.05, 4.69) is 6.92 Å². The van der Waals surface area contributed by atoms with Crippen molar-refractivity contribution in [2.75, 3.05) is 13.2 Å². The number of ether oxygens (including phenoxy) is 2. The van der Waals surface area contributed by atoms with Gasteiger partial charge in [0.25, 0.3) is 0 Å². The van der Waals surface area contributed by atoms with Crippen molar-refractivity contribution >= 4 is 5.78 Å². The number of ketones is 1. The summed E-state index contributed by atoms with van der Waals surface area (Å²) >= 11 is 0. The van der Waals surface area contributed by atoms with Crippen LogP contribution in [0.1, 0.15) is 24.2 Å². The molecule has 0 spiro atoms. The number of carbonyl (C=O) groups is 1. The number of Topliss-reactive ketones (excluding diaryl/α,β-unsaturated/α-hetero) is 1. The van der Waals surface area contributed by atoms with E-state index in [0.717, 1.165) is 22.6 Å². The molecular weight excluding hydrogens is 264 g/mol. The summed E-state index contributed by atoms with van der Waals surface area (Å²) in [6.07, 6.45) is 0. The van der Waals surface area contributed by atoms with Gasteiger partial charge in [0.15, 0.2) is 17.3 Å². The third-order valence-corrected chi connectivity index (χ3v) is 3.59. The molecular formula is C18H18O3. The molecule has 1 atom stereocenters. The molecule has 1 unspecified atom stereocenters. The highest BCUT2D eigenvalue weighted by molar-refractivity contribution is 5.95. The molecule has 21 heavy (non-hydrogen) atoms. The van der Waals surface area contributed by atoms with Gasteiger partial charge in [-0.05, 0) is 36.2 Å². The molecule has 3 heteroatoms. The maximum absolute atomic E-state index is 11.5. The van der Waals surface area contributed by atoms with Gasteiger partial charge < -0.3 is 9.47 Å². The predicted octanol–water partition coefficient (Wildman–Crippen LogP) is 3.96. The molecule has 0 saturated carbocycles. The summed E-state index contributed by atoms with van der Waals surface area (Å²) in [5.41, 5.74) is 2.75. The Morgan fingerprint density at radius 3 is 2.48 bits per heavy atom. The summed E-state index contributed by atoms with van der Waals surface area (Å²) in [6.45, 7) is 5.01. The Morgan fingerprint density at radius 1 is 1.00 bits per heavy atom. The highest BCUT2D eigenvalue weighted by atomic mass is 16.5. The molecule has 2 aromatic rings. The molecule has 2 aromatic carbocycles. The quantitative estimate of drug-likeness (QED) is 0.782. The SMILES string of the molecule is CC(=O)c1cccc(-c2ccc3c(c2)OCC(C)CO3)c1. The van der Waals surface area contributed by atoms with E-state index in [9.17, 15) is 4.79 Å². The Hall–Kier alpha value is -2.29. The highest BCUT2D eigenvalue weighted by Crippen LogP contribution is 2.35. The Balaban J connectivity index is 1.97. The minimum absolute atomic E-state index is 0.0695. The smallest absolute Gasteiger partial charge is 0.161 e. The number of hydrogen-bond acceptors (Lipinski definition) is 3. The minimum Gasteiger partial charge on any atom is -0.489 e. The second-order valence-corrected chi connectivity index (χ2v) is 5.53. The largest absolute Gasteiger partial charge is 0.489 e. The fourth-order valence-electron chi connectivity index (χ4n) is 2.35. The van der Waals surface area contributed by atoms with E-state index in [4.69, 9.17) is 9.47 Å². The van der Waals surface area contributed by atoms with Crippen LogP contribution in [0.2, 0.25) is 0 Å². The first-order valence-electron chi connectivity index (χ1n) is 7.14. The van der Waals surface area contributed by atoms with Crippen molar-refractivity contribution in [3.05, 3.63) is 48.0 Å². The third kappa shape index (κ3) is 2.92. The summed E-state index contributed by atoms with van der Waals surface area (Å²) in [5.74, 6) is 2.00. The van der Waals surface area contributed by atoms with Crippen LogP contribution in [-0.2, 0) is 0 Å². The molecule has 3 nitrogen and oxygen atoms in total. The first-order valence-corrected chi connectivity index (χ1v) is 7.14. The molecule has 1 heterocycles. The van der Waals surface area contributed by atoms with E-state index >= 15 is 0 Å². The van der Waals surface area contributed by atoms with E-state index < -0.39 is 0 Å². The van der Waals surface area contributed by atoms with Crippen LogP contribution in [0.25, 0.3) is 11.1 Å². The topological polar surface area (TPSA) is 35.5 Å². The lowest BCUT2D eigenvalue weighted by atomic mass is 10.0. The van der Waals surface area contributed by atoms with Crippen molar-refractivity contribution in [2.24, 2.45) is 5.92 Å². The Bertz CT molecular complexity index is 676. The first kappa shape index (κ1) is 13.7. The van der Waals surface area contributed by atoms with Crippen molar-refractivity contribution in [1.29, 1.82) is 0 Å². The zero-order valence-corrected chi connectivity index (χ0v) is 12.3. The molecule has 0 amide bonds. The Morgan fingerprint density at radius 2 is 1.71 bits per heavy atom. The summed E-state index contributed by atoms with van der Waals surface area (Å²) in [5, 5.41) is 0. The molecule has 0 aliphatic carbocycles. The van der Waals surface area contributed by atoms with Crippen LogP contribution in [0.3, 0.4) is 0 Å². The summed E-state index contributed by atoms with van der Waals surface area (Å²) in [4.78, 5) is 11.5. The molecule has 1 aliphatic rings. The van der Waals surface area contributed by atoms with Gasteiger partial charge in [-0.15, -0.1) is 0 Å². The second kappa shape index (κ2) is 5.60. The van der Waals surface area contributed by atoms with Gasteiger partial charge in [-0.3, -0.25) is 4.79 Å². The van der Waals surface area contributed by atoms with Gasteiger partial charge in [0.2, 0.25) is 0 Å². The van der Waals surface area contributed by atoms with E-state index in [1.54, 1.807) is 6.92 Å². The predicted molar refractivity (Wildman–Crippen MR) is 82.0 cm³/mol. The lowest BCUT2D eigenvalue weighted by Crippen LogP contribution is -2.12. The van der Waals surface area contributed by atoms with Crippen molar-refractivity contribution in [1.82, 2.24) is 0 Å². The molecule has 1 aliphatic heterocycles. The van der Waals surface area contributed by atoms with E-state index in [1.807, 2.05) is 42.5 Å². The highest BCUT2D eigenvalue weighted by Gasteiger charge is 2.15. The molecule has 0 fully saturated rings. The third-order valence-electron chi connectivity index (χ3n) is 3.59. The van der Waals surface area contributed by atoms with Crippen molar-refractivity contribution in [2.45, 2.75) is 13.8 Å². The van der Waals surface area contributed by atoms with E-state index in [-0.39, 0.29) is 5.78 Å². The number of benzene rings is 2. The monoisotopic (exact) mass is 282 g/mol. The van der Waals surface area contributed by atoms with Crippen LogP contribution in [0.5, 0.6) is 11.5 Å². The number of fused-ring (bicyclic) bond motifs is 1. The summed E-state index contributed by atoms with van der Waals surface area (Å²) in [7, 11) is 0. The Labute approximate surface area is 124 Å². The van der Waals surface area contributed by atoms with Crippen molar-refractivity contribution in [3.63, 3.8) is 0 Å². The average molecular weight is 282 g/mol. The summed E-state index contributed by atoms with van der Waals surface area (Å²) in [6, 6.07) is 13.5. The minimum atomic E-state index is 0.0695. The van der Waals surface area contributed by atoms with Gasteiger partial charge >= 0.3 is 0 Å². The average Bonchev–Trinajstić information content (AvgIpc) is 2.69. The van der Waals surface area contributed by atoms with Crippen LogP contribution in [0.15, 0.2) is 42.5 Å². The van der Waals surface area contributed by atoms with Crippen LogP contribution in [0.4, 0.5) is 0 Å². The summed E-state index contributed by atoms with van der Waals surface area (Å²) < 4.78 is 11.5. The zero-order chi connectivity index (χ0) is 14.8. The fraction of sp³-hybridized carbons (Fsp3) is 0.278. The van der Waals surface area contributed by atoms with Crippen LogP contribution >= 0.6 is 0 Å². The number of carbonyl (C=O) groups excluding carboxylic acids is 1. The van der Waals surface area contributed by atoms with Gasteiger partial charge in [0.1, 0.15) is 0 Å². The van der Waals surface area contributed by atoms with Crippen LogP contribution in [0, 0.1) is 5.92 Å². The van der Waals surface area contributed by atoms with Crippen molar-refractivity contribution < 1.29 is 14.3 Å². The van der Waals surface area contributed by atoms with Gasteiger partial charge in [0, 0.05) is 11.5 Å². The molecule has 0 aromatic heterocycles. The molecule has 0 bridgehead atoms. The van der Waals surface area contributed by atoms with Crippen LogP contribution < -0.4 is 9.47 Å². The Kier molecular flexibility index (Phi) is 3.65. The second-order valence-electron chi connectivity index (χ2n) is 5.53. The number of hydrogen-bond donors (Lipinski definition) is 0. The van der Waals surface area contributed by atoms with Crippen LogP contribution in [-0.4, -0.2) is 19.0 Å². The fourth-order valence-corrected chi connectivity index (χ4v) is 2.35. The molecule has 0 radical (unpaired) electrons. The van der Waals surface area contributed by atoms with Gasteiger partial charge in [-0.1, -0.05) is 31.2 Å². The maximum Gasteiger partial charge on any atom is 0.161 e. The van der Waals surface area contributed by atoms with E-state index in [0.29, 0.717) is 24.7 Å². The lowest BCUT2D eigenvalue weighted by Gasteiger charge is -2.10. The number of rotatable bonds is 2. The molecule has 108 valence electrons. The molecule has 3 rings (SSSR count). The van der Waals surface area contributed by atoms with Gasteiger partial charge in [-0.25, -0.2) is 0 Å². The van der Waals surface area contributed by atoms with E-state index in [1.165, 1.54) is 0 Å². The zero-order valence-electron chi connectivity index (χ0n) is 12.3. The molecule has 0 N–H and O–H groups in total. The normalized spacial score (nSPS) is 17.1. The van der Waals surface area contributed by atoms with Gasteiger partial charge in [-0.2, -0.15) is 0 Å². The maximum atomic E-state index is 11.5. The van der Waals surface area contributed by atoms with Gasteiger partial charge in [0.05, 0.1) is 13.2 Å². The van der Waals surface area contributed by atoms with Crippen molar-refractivity contribution in [3.8, 4) is 22.6 Å². The standard InChI is InChI=1S/C18H18O3/c1-12-10-20-17-7-6-16(9-18(17)21-11-12)15-5-3-4-14(8-15)13(2)19/h3-9,12H,10-11H2,1-2H3. The molecule has 0 saturated heterocycles.